The first-order valence-corrected chi connectivity index (χ1v) is 4.76. The first-order chi connectivity index (χ1) is 6.27. The number of hydrogen-bond acceptors (Lipinski definition) is 1. The molecule has 1 heteroatoms. The normalized spacial score (nSPS) is 27.4. The minimum absolute atomic E-state index is 0.417. The van der Waals surface area contributed by atoms with Gasteiger partial charge < -0.3 is 5.73 Å². The fourth-order valence-corrected chi connectivity index (χ4v) is 1.66. The molecule has 1 aliphatic carbocycles. The first-order valence-electron chi connectivity index (χ1n) is 4.76. The van der Waals surface area contributed by atoms with E-state index in [2.05, 4.69) is 37.3 Å². The molecule has 1 saturated carbocycles. The van der Waals surface area contributed by atoms with Gasteiger partial charge in [0.05, 0.1) is 0 Å². The summed E-state index contributed by atoms with van der Waals surface area (Å²) in [6, 6.07) is 10.8. The van der Waals surface area contributed by atoms with Crippen LogP contribution in [0.5, 0.6) is 0 Å². The van der Waals surface area contributed by atoms with Crippen LogP contribution < -0.4 is 5.73 Å². The van der Waals surface area contributed by atoms with Crippen molar-refractivity contribution in [1.29, 1.82) is 0 Å². The van der Waals surface area contributed by atoms with Crippen molar-refractivity contribution in [3.8, 4) is 0 Å². The summed E-state index contributed by atoms with van der Waals surface area (Å²) in [5, 5.41) is 0. The highest BCUT2D eigenvalue weighted by atomic mass is 14.7. The zero-order valence-corrected chi connectivity index (χ0v) is 7.90. The lowest BCUT2D eigenvalue weighted by atomic mass is 10.1. The predicted molar refractivity (Wildman–Crippen MR) is 56.2 cm³/mol. The van der Waals surface area contributed by atoms with Gasteiger partial charge in [-0.2, -0.15) is 0 Å². The fraction of sp³-hybridized carbons (Fsp3) is 0.333. The number of nitrogens with two attached hydrogens (primary N) is 1. The lowest BCUT2D eigenvalue weighted by Gasteiger charge is -1.98. The Labute approximate surface area is 79.3 Å². The molecule has 0 radical (unpaired) electrons. The molecule has 1 fully saturated rings. The maximum absolute atomic E-state index is 5.78. The standard InChI is InChI=1S/C12H15N/c1-9(11-8-12(11)13)7-10-5-3-2-4-6-10/h2-7,11-12H,8,13H2,1H3/b9-7-/t11-,12+/m0/s1. The van der Waals surface area contributed by atoms with Crippen molar-refractivity contribution < 1.29 is 0 Å². The van der Waals surface area contributed by atoms with Crippen LogP contribution in [0, 0.1) is 5.92 Å². The molecule has 1 nitrogen and oxygen atoms in total. The van der Waals surface area contributed by atoms with Crippen molar-refractivity contribution in [2.24, 2.45) is 11.7 Å². The van der Waals surface area contributed by atoms with E-state index in [1.165, 1.54) is 11.1 Å². The highest BCUT2D eigenvalue weighted by Crippen LogP contribution is 2.35. The molecule has 13 heavy (non-hydrogen) atoms. The zero-order valence-electron chi connectivity index (χ0n) is 7.90. The van der Waals surface area contributed by atoms with Crippen molar-refractivity contribution in [3.05, 3.63) is 41.5 Å². The molecule has 2 N–H and O–H groups in total. The summed E-state index contributed by atoms with van der Waals surface area (Å²) >= 11 is 0. The van der Waals surface area contributed by atoms with E-state index in [-0.39, 0.29) is 0 Å². The molecule has 0 aromatic heterocycles. The van der Waals surface area contributed by atoms with Crippen LogP contribution in [0.3, 0.4) is 0 Å². The number of hydrogen-bond donors (Lipinski definition) is 1. The predicted octanol–water partition coefficient (Wildman–Crippen LogP) is 2.44. The quantitative estimate of drug-likeness (QED) is 0.730. The minimum Gasteiger partial charge on any atom is -0.327 e. The molecule has 1 aromatic rings. The molecular weight excluding hydrogens is 158 g/mol. The summed E-state index contributed by atoms with van der Waals surface area (Å²) in [5.74, 6) is 0.639. The van der Waals surface area contributed by atoms with Gasteiger partial charge in [-0.15, -0.1) is 0 Å². The van der Waals surface area contributed by atoms with E-state index in [9.17, 15) is 0 Å². The maximum Gasteiger partial charge on any atom is 0.0111 e. The molecule has 1 aliphatic rings. The van der Waals surface area contributed by atoms with Gasteiger partial charge in [-0.25, -0.2) is 0 Å². The summed E-state index contributed by atoms with van der Waals surface area (Å²) < 4.78 is 0. The number of rotatable bonds is 2. The lowest BCUT2D eigenvalue weighted by molar-refractivity contribution is 0.924. The van der Waals surface area contributed by atoms with Crippen LogP contribution in [-0.2, 0) is 0 Å². The second kappa shape index (κ2) is 3.35. The SMILES string of the molecule is C/C(=C/c1ccccc1)[C@@H]1C[C@H]1N. The van der Waals surface area contributed by atoms with Crippen molar-refractivity contribution in [2.45, 2.75) is 19.4 Å². The molecule has 0 aliphatic heterocycles. The molecule has 1 aromatic carbocycles. The van der Waals surface area contributed by atoms with Crippen LogP contribution in [0.1, 0.15) is 18.9 Å². The molecule has 0 spiro atoms. The Kier molecular flexibility index (Phi) is 2.19. The van der Waals surface area contributed by atoms with Gasteiger partial charge in [-0.1, -0.05) is 42.0 Å². The van der Waals surface area contributed by atoms with Gasteiger partial charge in [-0.3, -0.25) is 0 Å². The summed E-state index contributed by atoms with van der Waals surface area (Å²) in [4.78, 5) is 0. The van der Waals surface area contributed by atoms with Gasteiger partial charge in [0.25, 0.3) is 0 Å². The van der Waals surface area contributed by atoms with Crippen molar-refractivity contribution in [2.75, 3.05) is 0 Å². The number of benzene rings is 1. The van der Waals surface area contributed by atoms with Gasteiger partial charge in [-0.05, 0) is 24.8 Å². The second-order valence-corrected chi connectivity index (χ2v) is 3.81. The molecule has 2 rings (SSSR count). The van der Waals surface area contributed by atoms with Gasteiger partial charge in [0.15, 0.2) is 0 Å². The second-order valence-electron chi connectivity index (χ2n) is 3.81. The van der Waals surface area contributed by atoms with Gasteiger partial charge >= 0.3 is 0 Å². The van der Waals surface area contributed by atoms with Crippen LogP contribution in [-0.4, -0.2) is 6.04 Å². The Morgan fingerprint density at radius 1 is 1.38 bits per heavy atom. The van der Waals surface area contributed by atoms with Crippen LogP contribution in [0.25, 0.3) is 6.08 Å². The van der Waals surface area contributed by atoms with E-state index in [0.29, 0.717) is 12.0 Å². The van der Waals surface area contributed by atoms with E-state index in [1.807, 2.05) is 6.07 Å². The lowest BCUT2D eigenvalue weighted by Crippen LogP contribution is -2.02. The third kappa shape index (κ3) is 1.99. The molecule has 0 amide bonds. The smallest absolute Gasteiger partial charge is 0.0111 e. The van der Waals surface area contributed by atoms with Crippen LogP contribution in [0.2, 0.25) is 0 Å². The first kappa shape index (κ1) is 8.52. The average Bonchev–Trinajstić information content (AvgIpc) is 2.84. The molecule has 0 saturated heterocycles. The van der Waals surface area contributed by atoms with Gasteiger partial charge in [0, 0.05) is 6.04 Å². The summed E-state index contributed by atoms with van der Waals surface area (Å²) in [7, 11) is 0. The van der Waals surface area contributed by atoms with Crippen LogP contribution >= 0.6 is 0 Å². The Hall–Kier alpha value is -1.08. The van der Waals surface area contributed by atoms with Crippen molar-refractivity contribution >= 4 is 6.08 Å². The Morgan fingerprint density at radius 2 is 2.00 bits per heavy atom. The Morgan fingerprint density at radius 3 is 2.54 bits per heavy atom. The van der Waals surface area contributed by atoms with Crippen LogP contribution in [0.15, 0.2) is 35.9 Å². The third-order valence-corrected chi connectivity index (χ3v) is 2.62. The summed E-state index contributed by atoms with van der Waals surface area (Å²) in [6.45, 7) is 2.17. The van der Waals surface area contributed by atoms with E-state index >= 15 is 0 Å². The summed E-state index contributed by atoms with van der Waals surface area (Å²) in [6.07, 6.45) is 3.40. The van der Waals surface area contributed by atoms with Gasteiger partial charge in [0.2, 0.25) is 0 Å². The highest BCUT2D eigenvalue weighted by Gasteiger charge is 2.34. The molecule has 0 unspecified atom stereocenters. The topological polar surface area (TPSA) is 26.0 Å². The molecule has 0 bridgehead atoms. The molecular formula is C12H15N. The highest BCUT2D eigenvalue weighted by molar-refractivity contribution is 5.53. The molecule has 2 atom stereocenters. The maximum atomic E-state index is 5.78. The zero-order chi connectivity index (χ0) is 9.26. The van der Waals surface area contributed by atoms with Crippen molar-refractivity contribution in [3.63, 3.8) is 0 Å². The van der Waals surface area contributed by atoms with Gasteiger partial charge in [0.1, 0.15) is 0 Å². The van der Waals surface area contributed by atoms with E-state index in [0.717, 1.165) is 6.42 Å². The monoisotopic (exact) mass is 173 g/mol. The summed E-state index contributed by atoms with van der Waals surface area (Å²) in [5.41, 5.74) is 8.47. The fourth-order valence-electron chi connectivity index (χ4n) is 1.66. The Bertz CT molecular complexity index is 313. The third-order valence-electron chi connectivity index (χ3n) is 2.62. The van der Waals surface area contributed by atoms with Crippen LogP contribution in [0.4, 0.5) is 0 Å². The van der Waals surface area contributed by atoms with Crippen molar-refractivity contribution in [1.82, 2.24) is 0 Å². The molecule has 68 valence electrons. The average molecular weight is 173 g/mol. The van der Waals surface area contributed by atoms with E-state index in [4.69, 9.17) is 5.73 Å². The molecule has 0 heterocycles. The van der Waals surface area contributed by atoms with E-state index < -0.39 is 0 Å². The van der Waals surface area contributed by atoms with E-state index in [1.54, 1.807) is 0 Å². The minimum atomic E-state index is 0.417. The largest absolute Gasteiger partial charge is 0.327 e. The Balaban J connectivity index is 2.12.